The molecule has 0 aliphatic carbocycles. The summed E-state index contributed by atoms with van der Waals surface area (Å²) in [6, 6.07) is 0. The van der Waals surface area contributed by atoms with E-state index in [2.05, 4.69) is 11.7 Å². The lowest BCUT2D eigenvalue weighted by Gasteiger charge is -1.92. The highest BCUT2D eigenvalue weighted by Crippen LogP contribution is 1.86. The van der Waals surface area contributed by atoms with Crippen LogP contribution in [0.15, 0.2) is 12.7 Å². The molecule has 0 aliphatic rings. The molecule has 0 aromatic heterocycles. The third kappa shape index (κ3) is 5.46. The average Bonchev–Trinajstić information content (AvgIpc) is 1.59. The van der Waals surface area contributed by atoms with Gasteiger partial charge in [0.25, 0.3) is 0 Å². The van der Waals surface area contributed by atoms with Gasteiger partial charge in [-0.3, -0.25) is 4.79 Å². The summed E-state index contributed by atoms with van der Waals surface area (Å²) in [5.74, 6) is -1.03. The predicted octanol–water partition coefficient (Wildman–Crippen LogP) is -0.580. The van der Waals surface area contributed by atoms with Crippen LogP contribution in [0.4, 0.5) is 0 Å². The van der Waals surface area contributed by atoms with Crippen molar-refractivity contribution in [1.29, 1.82) is 0 Å². The van der Waals surface area contributed by atoms with Crippen molar-refractivity contribution in [2.45, 2.75) is 6.42 Å². The van der Waals surface area contributed by atoms with Gasteiger partial charge >= 0.3 is 0 Å². The van der Waals surface area contributed by atoms with Crippen molar-refractivity contribution in [1.82, 2.24) is 0 Å². The highest BCUT2D eigenvalue weighted by atomic mass is 32.2. The van der Waals surface area contributed by atoms with E-state index in [0.29, 0.717) is 0 Å². The number of primary sulfonamides is 1. The van der Waals surface area contributed by atoms with E-state index < -0.39 is 21.6 Å². The number of nitrogens with two attached hydrogens (primary N) is 1. The van der Waals surface area contributed by atoms with E-state index in [-0.39, 0.29) is 6.42 Å². The summed E-state index contributed by atoms with van der Waals surface area (Å²) in [5, 5.41) is 4.58. The average molecular weight is 163 g/mol. The summed E-state index contributed by atoms with van der Waals surface area (Å²) in [6.07, 6.45) is 1.39. The van der Waals surface area contributed by atoms with Gasteiger partial charge in [-0.2, -0.15) is 0 Å². The van der Waals surface area contributed by atoms with Crippen LogP contribution in [0.2, 0.25) is 0 Å². The van der Waals surface area contributed by atoms with E-state index in [1.165, 1.54) is 6.08 Å². The van der Waals surface area contributed by atoms with Gasteiger partial charge in [-0.1, -0.05) is 6.08 Å². The first-order valence-corrected chi connectivity index (χ1v) is 4.30. The standard InChI is InChI=1S/C5H9NO3S/c1-2-3-5(7)4-10(6,8)9/h2H,1,3-4H2,(H2,6,8,9). The summed E-state index contributed by atoms with van der Waals surface area (Å²) >= 11 is 0. The highest BCUT2D eigenvalue weighted by molar-refractivity contribution is 7.89. The molecule has 0 fully saturated rings. The molecule has 0 bridgehead atoms. The van der Waals surface area contributed by atoms with Crippen molar-refractivity contribution in [3.63, 3.8) is 0 Å². The monoisotopic (exact) mass is 163 g/mol. The lowest BCUT2D eigenvalue weighted by molar-refractivity contribution is -0.115. The Balaban J connectivity index is 3.93. The Morgan fingerprint density at radius 2 is 2.10 bits per heavy atom. The zero-order valence-corrected chi connectivity index (χ0v) is 6.23. The number of carbonyl (C=O) groups is 1. The van der Waals surface area contributed by atoms with Gasteiger partial charge in [0.05, 0.1) is 0 Å². The topological polar surface area (TPSA) is 77.2 Å². The van der Waals surface area contributed by atoms with Crippen molar-refractivity contribution in [2.75, 3.05) is 5.75 Å². The third-order valence-electron chi connectivity index (χ3n) is 0.734. The van der Waals surface area contributed by atoms with Gasteiger partial charge in [0, 0.05) is 6.42 Å². The first-order valence-electron chi connectivity index (χ1n) is 2.59. The number of rotatable bonds is 4. The number of hydrogen-bond acceptors (Lipinski definition) is 3. The molecule has 0 unspecified atom stereocenters. The van der Waals surface area contributed by atoms with E-state index >= 15 is 0 Å². The van der Waals surface area contributed by atoms with Gasteiger partial charge in [-0.15, -0.1) is 6.58 Å². The van der Waals surface area contributed by atoms with Crippen LogP contribution in [-0.4, -0.2) is 20.0 Å². The van der Waals surface area contributed by atoms with Crippen molar-refractivity contribution in [2.24, 2.45) is 5.14 Å². The van der Waals surface area contributed by atoms with Crippen molar-refractivity contribution in [3.8, 4) is 0 Å². The second kappa shape index (κ2) is 3.48. The number of allylic oxidation sites excluding steroid dienone is 1. The first-order chi connectivity index (χ1) is 4.45. The Kier molecular flexibility index (Phi) is 3.24. The molecule has 2 N–H and O–H groups in total. The molecule has 0 amide bonds. The van der Waals surface area contributed by atoms with Crippen LogP contribution in [-0.2, 0) is 14.8 Å². The van der Waals surface area contributed by atoms with Gasteiger partial charge in [-0.25, -0.2) is 13.6 Å². The van der Waals surface area contributed by atoms with E-state index in [9.17, 15) is 13.2 Å². The lowest BCUT2D eigenvalue weighted by atomic mass is 10.3. The molecule has 0 atom stereocenters. The fourth-order valence-electron chi connectivity index (χ4n) is 0.444. The van der Waals surface area contributed by atoms with E-state index in [1.54, 1.807) is 0 Å². The van der Waals surface area contributed by atoms with Crippen LogP contribution in [0.3, 0.4) is 0 Å². The molecule has 4 nitrogen and oxygen atoms in total. The SMILES string of the molecule is C=CCC(=O)CS(N)(=O)=O. The molecule has 0 heterocycles. The first kappa shape index (κ1) is 9.32. The minimum absolute atomic E-state index is 0.0520. The molecule has 0 saturated carbocycles. The second-order valence-electron chi connectivity index (χ2n) is 1.84. The van der Waals surface area contributed by atoms with Gasteiger partial charge in [-0.05, 0) is 0 Å². The quantitative estimate of drug-likeness (QED) is 0.563. The Hall–Kier alpha value is -0.680. The summed E-state index contributed by atoms with van der Waals surface area (Å²) in [6.45, 7) is 3.27. The summed E-state index contributed by atoms with van der Waals surface area (Å²) in [4.78, 5) is 10.5. The smallest absolute Gasteiger partial charge is 0.216 e. The van der Waals surface area contributed by atoms with Gasteiger partial charge in [0.15, 0.2) is 5.78 Å². The molecule has 0 aromatic carbocycles. The Labute approximate surface area is 59.8 Å². The van der Waals surface area contributed by atoms with Crippen molar-refractivity contribution in [3.05, 3.63) is 12.7 Å². The number of hydrogen-bond donors (Lipinski definition) is 1. The van der Waals surface area contributed by atoms with Crippen LogP contribution in [0.1, 0.15) is 6.42 Å². The molecule has 0 radical (unpaired) electrons. The van der Waals surface area contributed by atoms with E-state index in [4.69, 9.17) is 0 Å². The molecule has 0 spiro atoms. The lowest BCUT2D eigenvalue weighted by Crippen LogP contribution is -2.22. The number of sulfonamides is 1. The predicted molar refractivity (Wildman–Crippen MR) is 37.8 cm³/mol. The molecular formula is C5H9NO3S. The largest absolute Gasteiger partial charge is 0.298 e. The summed E-state index contributed by atoms with van der Waals surface area (Å²) in [5.41, 5.74) is 0. The summed E-state index contributed by atoms with van der Waals surface area (Å²) in [7, 11) is -3.64. The molecular weight excluding hydrogens is 154 g/mol. The normalized spacial score (nSPS) is 10.9. The van der Waals surface area contributed by atoms with E-state index in [0.717, 1.165) is 0 Å². The fraction of sp³-hybridized carbons (Fsp3) is 0.400. The van der Waals surface area contributed by atoms with Crippen LogP contribution in [0, 0.1) is 0 Å². The number of ketones is 1. The maximum absolute atomic E-state index is 10.5. The van der Waals surface area contributed by atoms with Crippen LogP contribution in [0.5, 0.6) is 0 Å². The highest BCUT2D eigenvalue weighted by Gasteiger charge is 2.08. The van der Waals surface area contributed by atoms with Crippen molar-refractivity contribution < 1.29 is 13.2 Å². The molecule has 0 aromatic rings. The molecule has 10 heavy (non-hydrogen) atoms. The Morgan fingerprint density at radius 3 is 2.40 bits per heavy atom. The van der Waals surface area contributed by atoms with Crippen LogP contribution in [0.25, 0.3) is 0 Å². The minimum atomic E-state index is -3.64. The number of Topliss-reactive ketones (excluding diaryl/α,β-unsaturated/α-hetero) is 1. The fourth-order valence-corrected chi connectivity index (χ4v) is 1.01. The second-order valence-corrected chi connectivity index (χ2v) is 3.45. The zero-order valence-electron chi connectivity index (χ0n) is 5.41. The molecule has 0 rings (SSSR count). The van der Waals surface area contributed by atoms with Gasteiger partial charge in [0.1, 0.15) is 5.75 Å². The minimum Gasteiger partial charge on any atom is -0.298 e. The molecule has 5 heteroatoms. The van der Waals surface area contributed by atoms with Gasteiger partial charge in [0.2, 0.25) is 10.0 Å². The molecule has 0 aliphatic heterocycles. The number of carbonyl (C=O) groups excluding carboxylic acids is 1. The maximum atomic E-state index is 10.5. The summed E-state index contributed by atoms with van der Waals surface area (Å²) < 4.78 is 20.5. The van der Waals surface area contributed by atoms with Crippen LogP contribution >= 0.6 is 0 Å². The van der Waals surface area contributed by atoms with E-state index in [1.807, 2.05) is 0 Å². The maximum Gasteiger partial charge on any atom is 0.216 e. The Bertz CT molecular complexity index is 229. The zero-order chi connectivity index (χ0) is 8.20. The Morgan fingerprint density at radius 1 is 1.60 bits per heavy atom. The molecule has 0 saturated heterocycles. The van der Waals surface area contributed by atoms with Gasteiger partial charge < -0.3 is 0 Å². The van der Waals surface area contributed by atoms with Crippen molar-refractivity contribution >= 4 is 15.8 Å². The van der Waals surface area contributed by atoms with Crippen LogP contribution < -0.4 is 5.14 Å². The molecule has 58 valence electrons. The third-order valence-corrected chi connectivity index (χ3v) is 1.46.